The van der Waals surface area contributed by atoms with Crippen molar-refractivity contribution >= 4 is 23.5 Å². The van der Waals surface area contributed by atoms with Crippen LogP contribution in [0.2, 0.25) is 0 Å². The first-order valence-electron chi connectivity index (χ1n) is 5.84. The van der Waals surface area contributed by atoms with Gasteiger partial charge in [-0.3, -0.25) is 9.59 Å². The number of hydrogen-bond acceptors (Lipinski definition) is 3. The number of carboxylic acid groups (broad SMARTS) is 2. The highest BCUT2D eigenvalue weighted by atomic mass is 19.1. The normalized spacial score (nSPS) is 11.7. The Labute approximate surface area is 114 Å². The summed E-state index contributed by atoms with van der Waals surface area (Å²) in [4.78, 5) is 32.8. The van der Waals surface area contributed by atoms with E-state index in [0.29, 0.717) is 0 Å². The molecule has 0 spiro atoms. The van der Waals surface area contributed by atoms with Crippen LogP contribution in [0.4, 0.5) is 10.1 Å². The average molecular weight is 283 g/mol. The summed E-state index contributed by atoms with van der Waals surface area (Å²) in [5.41, 5.74) is -0.391. The van der Waals surface area contributed by atoms with Crippen molar-refractivity contribution in [1.82, 2.24) is 0 Å². The van der Waals surface area contributed by atoms with Gasteiger partial charge in [0.1, 0.15) is 5.82 Å². The third-order valence-electron chi connectivity index (χ3n) is 2.54. The number of aromatic carboxylic acids is 1. The van der Waals surface area contributed by atoms with Gasteiger partial charge < -0.3 is 15.5 Å². The Morgan fingerprint density at radius 3 is 2.45 bits per heavy atom. The van der Waals surface area contributed by atoms with Gasteiger partial charge in [-0.1, -0.05) is 6.92 Å². The van der Waals surface area contributed by atoms with Gasteiger partial charge >= 0.3 is 11.9 Å². The van der Waals surface area contributed by atoms with Crippen molar-refractivity contribution < 1.29 is 29.0 Å². The first kappa shape index (κ1) is 15.6. The molecule has 1 atom stereocenters. The number of anilines is 1. The van der Waals surface area contributed by atoms with E-state index >= 15 is 0 Å². The van der Waals surface area contributed by atoms with Crippen molar-refractivity contribution in [3.8, 4) is 0 Å². The minimum Gasteiger partial charge on any atom is -0.481 e. The van der Waals surface area contributed by atoms with E-state index in [-0.39, 0.29) is 24.1 Å². The third kappa shape index (κ3) is 4.68. The van der Waals surface area contributed by atoms with Gasteiger partial charge in [-0.05, 0) is 24.1 Å². The number of nitrogens with one attached hydrogen (secondary N) is 1. The van der Waals surface area contributed by atoms with Gasteiger partial charge in [-0.15, -0.1) is 0 Å². The van der Waals surface area contributed by atoms with E-state index in [4.69, 9.17) is 10.2 Å². The minimum atomic E-state index is -1.24. The Balaban J connectivity index is 2.72. The van der Waals surface area contributed by atoms with E-state index in [9.17, 15) is 18.8 Å². The van der Waals surface area contributed by atoms with Crippen LogP contribution in [-0.2, 0) is 9.59 Å². The van der Waals surface area contributed by atoms with E-state index in [2.05, 4.69) is 5.32 Å². The Kier molecular flexibility index (Phi) is 5.19. The lowest BCUT2D eigenvalue weighted by Gasteiger charge is -2.10. The van der Waals surface area contributed by atoms with Crippen molar-refractivity contribution in [2.24, 2.45) is 5.92 Å². The van der Waals surface area contributed by atoms with Crippen LogP contribution in [0.3, 0.4) is 0 Å². The zero-order valence-corrected chi connectivity index (χ0v) is 10.7. The zero-order chi connectivity index (χ0) is 15.3. The van der Waals surface area contributed by atoms with Gasteiger partial charge in [0.25, 0.3) is 0 Å². The lowest BCUT2D eigenvalue weighted by Crippen LogP contribution is -2.18. The van der Waals surface area contributed by atoms with Crippen molar-refractivity contribution in [3.05, 3.63) is 29.6 Å². The summed E-state index contributed by atoms with van der Waals surface area (Å²) in [7, 11) is 0. The molecule has 0 fully saturated rings. The van der Waals surface area contributed by atoms with E-state index in [0.717, 1.165) is 18.2 Å². The van der Waals surface area contributed by atoms with Gasteiger partial charge in [0.15, 0.2) is 0 Å². The number of benzene rings is 1. The molecule has 0 aliphatic carbocycles. The van der Waals surface area contributed by atoms with Crippen LogP contribution < -0.4 is 5.32 Å². The smallest absolute Gasteiger partial charge is 0.335 e. The number of hydrogen-bond donors (Lipinski definition) is 3. The van der Waals surface area contributed by atoms with Crippen LogP contribution in [-0.4, -0.2) is 28.1 Å². The van der Waals surface area contributed by atoms with Crippen molar-refractivity contribution in [3.63, 3.8) is 0 Å². The van der Waals surface area contributed by atoms with E-state index in [1.165, 1.54) is 0 Å². The van der Waals surface area contributed by atoms with Gasteiger partial charge in [-0.2, -0.15) is 0 Å². The molecule has 108 valence electrons. The maximum Gasteiger partial charge on any atom is 0.335 e. The fraction of sp³-hybridized carbons (Fsp3) is 0.308. The Hall–Kier alpha value is -2.44. The predicted molar refractivity (Wildman–Crippen MR) is 68.0 cm³/mol. The van der Waals surface area contributed by atoms with Crippen LogP contribution in [0.5, 0.6) is 0 Å². The molecule has 7 heteroatoms. The number of amides is 1. The molecule has 0 aliphatic heterocycles. The molecule has 1 aromatic rings. The van der Waals surface area contributed by atoms with Crippen LogP contribution in [0.1, 0.15) is 30.1 Å². The summed E-state index contributed by atoms with van der Waals surface area (Å²) < 4.78 is 13.4. The maximum atomic E-state index is 13.4. The predicted octanol–water partition coefficient (Wildman–Crippen LogP) is 1.96. The highest BCUT2D eigenvalue weighted by molar-refractivity contribution is 5.94. The van der Waals surface area contributed by atoms with Crippen LogP contribution in [0.15, 0.2) is 18.2 Å². The first-order valence-corrected chi connectivity index (χ1v) is 5.84. The summed E-state index contributed by atoms with van der Waals surface area (Å²) in [6, 6.07) is 3.04. The Morgan fingerprint density at radius 2 is 1.90 bits per heavy atom. The quantitative estimate of drug-likeness (QED) is 0.740. The molecule has 0 bridgehead atoms. The molecule has 0 heterocycles. The summed E-state index contributed by atoms with van der Waals surface area (Å²) in [5.74, 6) is -3.99. The molecule has 1 unspecified atom stereocenters. The Morgan fingerprint density at radius 1 is 1.25 bits per heavy atom. The minimum absolute atomic E-state index is 0.0942. The number of carboxylic acids is 2. The van der Waals surface area contributed by atoms with Crippen LogP contribution >= 0.6 is 0 Å². The molecule has 0 radical (unpaired) electrons. The third-order valence-corrected chi connectivity index (χ3v) is 2.54. The number of halogens is 1. The molecule has 0 saturated heterocycles. The molecule has 1 aromatic carbocycles. The standard InChI is InChI=1S/C13H14FNO5/c1-7(5-12(17)18)4-11(16)15-10-6-8(13(19)20)2-3-9(10)14/h2-3,6-7H,4-5H2,1H3,(H,15,16)(H,17,18)(H,19,20). The van der Waals surface area contributed by atoms with E-state index in [1.807, 2.05) is 0 Å². The monoisotopic (exact) mass is 283 g/mol. The van der Waals surface area contributed by atoms with Crippen molar-refractivity contribution in [2.75, 3.05) is 5.32 Å². The fourth-order valence-electron chi connectivity index (χ4n) is 1.64. The fourth-order valence-corrected chi connectivity index (χ4v) is 1.64. The zero-order valence-electron chi connectivity index (χ0n) is 10.7. The van der Waals surface area contributed by atoms with Crippen LogP contribution in [0.25, 0.3) is 0 Å². The van der Waals surface area contributed by atoms with E-state index in [1.54, 1.807) is 6.92 Å². The van der Waals surface area contributed by atoms with Gasteiger partial charge in [0.2, 0.25) is 5.91 Å². The highest BCUT2D eigenvalue weighted by Gasteiger charge is 2.15. The van der Waals surface area contributed by atoms with Crippen molar-refractivity contribution in [1.29, 1.82) is 0 Å². The molecule has 1 rings (SSSR count). The largest absolute Gasteiger partial charge is 0.481 e. The van der Waals surface area contributed by atoms with E-state index < -0.39 is 29.6 Å². The summed E-state index contributed by atoms with van der Waals surface area (Å²) in [6.07, 6.45) is -0.270. The topological polar surface area (TPSA) is 104 Å². The lowest BCUT2D eigenvalue weighted by atomic mass is 10.0. The SMILES string of the molecule is CC(CC(=O)O)CC(=O)Nc1cc(C(=O)O)ccc1F. The summed E-state index contributed by atoms with van der Waals surface area (Å²) in [5, 5.41) is 19.6. The molecule has 20 heavy (non-hydrogen) atoms. The molecular weight excluding hydrogens is 269 g/mol. The van der Waals surface area contributed by atoms with Gasteiger partial charge in [0.05, 0.1) is 11.3 Å². The number of rotatable bonds is 6. The first-order chi connectivity index (χ1) is 9.29. The molecule has 6 nitrogen and oxygen atoms in total. The molecule has 3 N–H and O–H groups in total. The molecular formula is C13H14FNO5. The van der Waals surface area contributed by atoms with Crippen molar-refractivity contribution in [2.45, 2.75) is 19.8 Å². The summed E-state index contributed by atoms with van der Waals surface area (Å²) in [6.45, 7) is 1.58. The van der Waals surface area contributed by atoms with Crippen LogP contribution in [0, 0.1) is 11.7 Å². The Bertz CT molecular complexity index is 544. The molecule has 0 aliphatic rings. The van der Waals surface area contributed by atoms with Gasteiger partial charge in [-0.25, -0.2) is 9.18 Å². The van der Waals surface area contributed by atoms with Gasteiger partial charge in [0, 0.05) is 12.8 Å². The molecule has 0 saturated carbocycles. The maximum absolute atomic E-state index is 13.4. The number of aliphatic carboxylic acids is 1. The second kappa shape index (κ2) is 6.65. The highest BCUT2D eigenvalue weighted by Crippen LogP contribution is 2.17. The summed E-state index contributed by atoms with van der Waals surface area (Å²) >= 11 is 0. The average Bonchev–Trinajstić information content (AvgIpc) is 2.30. The molecule has 1 amide bonds. The number of carbonyl (C=O) groups is 3. The second-order valence-electron chi connectivity index (χ2n) is 4.46. The second-order valence-corrected chi connectivity index (χ2v) is 4.46. The number of carbonyl (C=O) groups excluding carboxylic acids is 1. The lowest BCUT2D eigenvalue weighted by molar-refractivity contribution is -0.138. The molecule has 0 aromatic heterocycles.